The largest absolute Gasteiger partial charge is 0.361 e. The van der Waals surface area contributed by atoms with Gasteiger partial charge >= 0.3 is 0 Å². The summed E-state index contributed by atoms with van der Waals surface area (Å²) in [5.74, 6) is 2.87. The molecular weight excluding hydrogens is 216 g/mol. The molecule has 2 aliphatic rings. The van der Waals surface area contributed by atoms with Gasteiger partial charge in [-0.25, -0.2) is 0 Å². The number of aliphatic imine (C=N–C) groups is 1. The normalized spacial score (nSPS) is 29.2. The van der Waals surface area contributed by atoms with Crippen molar-refractivity contribution in [3.8, 4) is 0 Å². The Morgan fingerprint density at radius 3 is 2.81 bits per heavy atom. The van der Waals surface area contributed by atoms with Crippen LogP contribution < -0.4 is 5.32 Å². The molecule has 0 aromatic carbocycles. The van der Waals surface area contributed by atoms with E-state index in [1.54, 1.807) is 0 Å². The van der Waals surface area contributed by atoms with Crippen LogP contribution in [0.15, 0.2) is 4.99 Å². The Kier molecular flexibility index (Phi) is 4.56. The number of nitrogens with zero attached hydrogens (tertiary/aromatic N) is 1. The third-order valence-electron chi connectivity index (χ3n) is 3.47. The van der Waals surface area contributed by atoms with Gasteiger partial charge in [0.25, 0.3) is 0 Å². The van der Waals surface area contributed by atoms with Crippen molar-refractivity contribution in [3.05, 3.63) is 0 Å². The third kappa shape index (κ3) is 3.69. The number of thioether (sulfide) groups is 1. The number of nitrogens with one attached hydrogen (secondary N) is 1. The van der Waals surface area contributed by atoms with Crippen LogP contribution in [0.3, 0.4) is 0 Å². The van der Waals surface area contributed by atoms with Crippen LogP contribution in [-0.4, -0.2) is 23.5 Å². The van der Waals surface area contributed by atoms with E-state index in [-0.39, 0.29) is 0 Å². The first-order chi connectivity index (χ1) is 7.74. The van der Waals surface area contributed by atoms with E-state index in [9.17, 15) is 0 Å². The van der Waals surface area contributed by atoms with Crippen molar-refractivity contribution >= 4 is 16.9 Å². The minimum atomic E-state index is 0.660. The van der Waals surface area contributed by atoms with Crippen LogP contribution in [0, 0.1) is 11.8 Å². The quantitative estimate of drug-likeness (QED) is 0.815. The lowest BCUT2D eigenvalue weighted by Crippen LogP contribution is -2.28. The number of rotatable bonds is 4. The molecule has 0 spiro atoms. The van der Waals surface area contributed by atoms with Crippen LogP contribution in [0.1, 0.15) is 46.0 Å². The van der Waals surface area contributed by atoms with Crippen molar-refractivity contribution in [2.45, 2.75) is 52.0 Å². The van der Waals surface area contributed by atoms with Crippen LogP contribution in [0.2, 0.25) is 0 Å². The van der Waals surface area contributed by atoms with E-state index in [0.717, 1.165) is 18.4 Å². The highest BCUT2D eigenvalue weighted by atomic mass is 32.2. The smallest absolute Gasteiger partial charge is 0.156 e. The van der Waals surface area contributed by atoms with E-state index >= 15 is 0 Å². The van der Waals surface area contributed by atoms with Crippen molar-refractivity contribution < 1.29 is 0 Å². The maximum atomic E-state index is 4.73. The molecule has 1 saturated carbocycles. The molecule has 2 fully saturated rings. The van der Waals surface area contributed by atoms with Gasteiger partial charge in [-0.3, -0.25) is 4.99 Å². The maximum Gasteiger partial charge on any atom is 0.156 e. The van der Waals surface area contributed by atoms with Gasteiger partial charge in [0.2, 0.25) is 0 Å². The second kappa shape index (κ2) is 5.95. The Bertz CT molecular complexity index is 244. The van der Waals surface area contributed by atoms with E-state index in [4.69, 9.17) is 4.99 Å². The number of amidine groups is 1. The molecule has 3 heteroatoms. The highest BCUT2D eigenvalue weighted by Gasteiger charge is 2.21. The summed E-state index contributed by atoms with van der Waals surface area (Å²) >= 11 is 1.91. The second-order valence-corrected chi connectivity index (χ2v) is 6.59. The van der Waals surface area contributed by atoms with Crippen molar-refractivity contribution in [1.29, 1.82) is 0 Å². The molecule has 0 radical (unpaired) electrons. The minimum Gasteiger partial charge on any atom is -0.361 e. The summed E-state index contributed by atoms with van der Waals surface area (Å²) in [5.41, 5.74) is 0. The molecule has 1 heterocycles. The molecule has 2 nitrogen and oxygen atoms in total. The zero-order chi connectivity index (χ0) is 11.4. The summed E-state index contributed by atoms with van der Waals surface area (Å²) in [6.45, 7) is 5.64. The SMILES string of the molecule is CC(C)CC1CSC(=NCC2CCCC2)N1. The molecule has 1 unspecified atom stereocenters. The van der Waals surface area contributed by atoms with Gasteiger partial charge < -0.3 is 5.32 Å². The number of hydrogen-bond donors (Lipinski definition) is 1. The minimum absolute atomic E-state index is 0.660. The standard InChI is InChI=1S/C13H24N2S/c1-10(2)7-12-9-16-13(15-12)14-8-11-5-3-4-6-11/h10-12H,3-9H2,1-2H3,(H,14,15). The lowest BCUT2D eigenvalue weighted by molar-refractivity contribution is 0.501. The zero-order valence-electron chi connectivity index (χ0n) is 10.5. The average Bonchev–Trinajstić information content (AvgIpc) is 2.84. The summed E-state index contributed by atoms with van der Waals surface area (Å²) in [6.07, 6.45) is 6.92. The Balaban J connectivity index is 1.72. The molecule has 92 valence electrons. The zero-order valence-corrected chi connectivity index (χ0v) is 11.4. The van der Waals surface area contributed by atoms with Gasteiger partial charge in [0.15, 0.2) is 5.17 Å². The lowest BCUT2D eigenvalue weighted by Gasteiger charge is -2.12. The average molecular weight is 240 g/mol. The summed E-state index contributed by atoms with van der Waals surface area (Å²) in [5, 5.41) is 4.77. The van der Waals surface area contributed by atoms with Crippen molar-refractivity contribution in [2.24, 2.45) is 16.8 Å². The first-order valence-electron chi connectivity index (χ1n) is 6.68. The van der Waals surface area contributed by atoms with Gasteiger partial charge in [0.1, 0.15) is 0 Å². The fourth-order valence-electron chi connectivity index (χ4n) is 2.63. The Hall–Kier alpha value is -0.180. The Morgan fingerprint density at radius 2 is 2.12 bits per heavy atom. The Morgan fingerprint density at radius 1 is 1.38 bits per heavy atom. The molecule has 0 aromatic heterocycles. The molecule has 1 saturated heterocycles. The predicted octanol–water partition coefficient (Wildman–Crippen LogP) is 3.28. The van der Waals surface area contributed by atoms with Gasteiger partial charge in [0, 0.05) is 18.3 Å². The summed E-state index contributed by atoms with van der Waals surface area (Å²) in [7, 11) is 0. The number of hydrogen-bond acceptors (Lipinski definition) is 2. The fraction of sp³-hybridized carbons (Fsp3) is 0.923. The van der Waals surface area contributed by atoms with Gasteiger partial charge in [0.05, 0.1) is 0 Å². The highest BCUT2D eigenvalue weighted by Crippen LogP contribution is 2.26. The van der Waals surface area contributed by atoms with Gasteiger partial charge in [-0.1, -0.05) is 38.5 Å². The van der Waals surface area contributed by atoms with E-state index in [2.05, 4.69) is 19.2 Å². The second-order valence-electron chi connectivity index (χ2n) is 5.58. The maximum absolute atomic E-state index is 4.73. The van der Waals surface area contributed by atoms with Gasteiger partial charge in [-0.15, -0.1) is 0 Å². The Labute approximate surface area is 104 Å². The molecule has 0 aromatic rings. The lowest BCUT2D eigenvalue weighted by atomic mass is 10.1. The molecular formula is C13H24N2S. The molecule has 1 aliphatic carbocycles. The summed E-state index contributed by atoms with van der Waals surface area (Å²) in [6, 6.07) is 0.660. The van der Waals surface area contributed by atoms with E-state index < -0.39 is 0 Å². The topological polar surface area (TPSA) is 24.4 Å². The van der Waals surface area contributed by atoms with E-state index in [1.165, 1.54) is 43.0 Å². The summed E-state index contributed by atoms with van der Waals surface area (Å²) in [4.78, 5) is 4.73. The molecule has 1 aliphatic heterocycles. The molecule has 0 amide bonds. The fourth-order valence-corrected chi connectivity index (χ4v) is 3.62. The first-order valence-corrected chi connectivity index (χ1v) is 7.66. The third-order valence-corrected chi connectivity index (χ3v) is 4.56. The predicted molar refractivity (Wildman–Crippen MR) is 73.1 cm³/mol. The van der Waals surface area contributed by atoms with Crippen LogP contribution in [-0.2, 0) is 0 Å². The first kappa shape index (κ1) is 12.3. The van der Waals surface area contributed by atoms with Crippen LogP contribution in [0.25, 0.3) is 0 Å². The molecule has 0 bridgehead atoms. The highest BCUT2D eigenvalue weighted by molar-refractivity contribution is 8.14. The molecule has 1 atom stereocenters. The van der Waals surface area contributed by atoms with Crippen LogP contribution in [0.5, 0.6) is 0 Å². The summed E-state index contributed by atoms with van der Waals surface area (Å²) < 4.78 is 0. The van der Waals surface area contributed by atoms with Crippen molar-refractivity contribution in [3.63, 3.8) is 0 Å². The van der Waals surface area contributed by atoms with E-state index in [0.29, 0.717) is 6.04 Å². The van der Waals surface area contributed by atoms with E-state index in [1.807, 2.05) is 11.8 Å². The molecule has 1 N–H and O–H groups in total. The molecule has 16 heavy (non-hydrogen) atoms. The monoisotopic (exact) mass is 240 g/mol. The van der Waals surface area contributed by atoms with Crippen LogP contribution >= 0.6 is 11.8 Å². The van der Waals surface area contributed by atoms with Crippen molar-refractivity contribution in [2.75, 3.05) is 12.3 Å². The van der Waals surface area contributed by atoms with Crippen LogP contribution in [0.4, 0.5) is 0 Å². The van der Waals surface area contributed by atoms with Crippen molar-refractivity contribution in [1.82, 2.24) is 5.32 Å². The molecule has 2 rings (SSSR count). The van der Waals surface area contributed by atoms with Gasteiger partial charge in [-0.2, -0.15) is 0 Å². The van der Waals surface area contributed by atoms with Gasteiger partial charge in [-0.05, 0) is 31.1 Å².